The molecule has 2 N–H and O–H groups in total. The molecule has 0 saturated carbocycles. The number of thioether (sulfide) groups is 1. The number of hydrogen-bond donors (Lipinski definition) is 2. The van der Waals surface area contributed by atoms with Crippen LogP contribution in [0, 0.1) is 5.82 Å². The molecule has 0 aliphatic heterocycles. The molecule has 0 fully saturated rings. The van der Waals surface area contributed by atoms with Crippen LogP contribution in [0.15, 0.2) is 12.3 Å². The number of aromatic nitrogens is 1. The molecule has 0 bridgehead atoms. The quantitative estimate of drug-likeness (QED) is 0.688. The van der Waals surface area contributed by atoms with E-state index in [4.69, 9.17) is 0 Å². The first-order chi connectivity index (χ1) is 9.70. The largest absolute Gasteiger partial charge is 0.368 e. The average molecular weight is 299 g/mol. The lowest BCUT2D eigenvalue weighted by Gasteiger charge is -2.09. The molecule has 0 aliphatic rings. The average Bonchev–Trinajstić information content (AvgIpc) is 2.45. The van der Waals surface area contributed by atoms with Crippen LogP contribution in [0.3, 0.4) is 0 Å². The Bertz CT molecular complexity index is 429. The monoisotopic (exact) mass is 299 g/mol. The van der Waals surface area contributed by atoms with Gasteiger partial charge in [-0.3, -0.25) is 4.79 Å². The van der Waals surface area contributed by atoms with Crippen LogP contribution in [0.25, 0.3) is 0 Å². The highest BCUT2D eigenvalue weighted by Crippen LogP contribution is 2.14. The van der Waals surface area contributed by atoms with Crippen molar-refractivity contribution in [2.45, 2.75) is 26.2 Å². The number of carbonyl (C=O) groups is 1. The Balaban J connectivity index is 2.45. The summed E-state index contributed by atoms with van der Waals surface area (Å²) in [6.45, 7) is 2.98. The van der Waals surface area contributed by atoms with E-state index in [-0.39, 0.29) is 17.3 Å². The lowest BCUT2D eigenvalue weighted by atomic mass is 10.2. The van der Waals surface area contributed by atoms with Gasteiger partial charge in [0.1, 0.15) is 0 Å². The summed E-state index contributed by atoms with van der Waals surface area (Å²) < 4.78 is 14.0. The number of nitrogens with one attached hydrogen (secondary N) is 2. The van der Waals surface area contributed by atoms with Crippen molar-refractivity contribution in [3.63, 3.8) is 0 Å². The Morgan fingerprint density at radius 1 is 1.40 bits per heavy atom. The number of halogens is 1. The van der Waals surface area contributed by atoms with E-state index in [9.17, 15) is 9.18 Å². The Morgan fingerprint density at radius 2 is 2.20 bits per heavy atom. The van der Waals surface area contributed by atoms with Gasteiger partial charge in [-0.2, -0.15) is 11.8 Å². The topological polar surface area (TPSA) is 54.0 Å². The first-order valence-electron chi connectivity index (χ1n) is 6.86. The molecular weight excluding hydrogens is 277 g/mol. The van der Waals surface area contributed by atoms with Crippen LogP contribution in [0.5, 0.6) is 0 Å². The van der Waals surface area contributed by atoms with E-state index in [1.807, 2.05) is 18.7 Å². The molecule has 112 valence electrons. The van der Waals surface area contributed by atoms with Gasteiger partial charge in [-0.1, -0.05) is 6.42 Å². The van der Waals surface area contributed by atoms with Gasteiger partial charge in [0.05, 0.1) is 5.56 Å². The van der Waals surface area contributed by atoms with Crippen LogP contribution in [-0.2, 0) is 0 Å². The normalized spacial score (nSPS) is 10.3. The molecule has 0 aromatic carbocycles. The summed E-state index contributed by atoms with van der Waals surface area (Å²) in [7, 11) is 0. The molecule has 0 atom stereocenters. The first kappa shape index (κ1) is 16.8. The molecule has 1 aromatic heterocycles. The van der Waals surface area contributed by atoms with Gasteiger partial charge in [-0.15, -0.1) is 0 Å². The first-order valence-corrected chi connectivity index (χ1v) is 8.25. The van der Waals surface area contributed by atoms with Crippen molar-refractivity contribution in [3.8, 4) is 0 Å². The third-order valence-electron chi connectivity index (χ3n) is 2.79. The lowest BCUT2D eigenvalue weighted by molar-refractivity contribution is 0.0949. The predicted molar refractivity (Wildman–Crippen MR) is 82.9 cm³/mol. The van der Waals surface area contributed by atoms with Crippen LogP contribution in [-0.4, -0.2) is 36.0 Å². The van der Waals surface area contributed by atoms with Crippen LogP contribution >= 0.6 is 11.8 Å². The predicted octanol–water partition coefficient (Wildman–Crippen LogP) is 2.92. The maximum absolute atomic E-state index is 14.0. The van der Waals surface area contributed by atoms with Crippen LogP contribution in [0.4, 0.5) is 10.2 Å². The molecule has 20 heavy (non-hydrogen) atoms. The Morgan fingerprint density at radius 3 is 2.90 bits per heavy atom. The van der Waals surface area contributed by atoms with Gasteiger partial charge < -0.3 is 10.6 Å². The SMILES string of the molecule is CCNc1nccc(C(=O)NCCCCCSC)c1F. The molecule has 0 radical (unpaired) electrons. The smallest absolute Gasteiger partial charge is 0.254 e. The zero-order valence-corrected chi connectivity index (χ0v) is 12.9. The highest BCUT2D eigenvalue weighted by molar-refractivity contribution is 7.98. The minimum atomic E-state index is -0.589. The van der Waals surface area contributed by atoms with E-state index in [1.165, 1.54) is 12.3 Å². The summed E-state index contributed by atoms with van der Waals surface area (Å²) in [5.74, 6) is 0.294. The summed E-state index contributed by atoms with van der Waals surface area (Å²) in [4.78, 5) is 15.8. The molecule has 0 unspecified atom stereocenters. The second-order valence-corrected chi connectivity index (χ2v) is 5.35. The molecular formula is C14H22FN3OS. The van der Waals surface area contributed by atoms with Crippen molar-refractivity contribution in [1.82, 2.24) is 10.3 Å². The second kappa shape index (κ2) is 9.58. The lowest BCUT2D eigenvalue weighted by Crippen LogP contribution is -2.26. The minimum Gasteiger partial charge on any atom is -0.368 e. The van der Waals surface area contributed by atoms with Gasteiger partial charge in [-0.25, -0.2) is 9.37 Å². The van der Waals surface area contributed by atoms with Gasteiger partial charge in [0.15, 0.2) is 11.6 Å². The third-order valence-corrected chi connectivity index (χ3v) is 3.49. The molecule has 1 rings (SSSR count). The third kappa shape index (κ3) is 5.36. The van der Waals surface area contributed by atoms with Gasteiger partial charge in [-0.05, 0) is 37.8 Å². The van der Waals surface area contributed by atoms with Crippen molar-refractivity contribution >= 4 is 23.5 Å². The number of carbonyl (C=O) groups excluding carboxylic acids is 1. The molecule has 1 amide bonds. The number of pyridine rings is 1. The summed E-state index contributed by atoms with van der Waals surface area (Å²) in [5, 5.41) is 5.54. The van der Waals surface area contributed by atoms with Crippen molar-refractivity contribution < 1.29 is 9.18 Å². The van der Waals surface area contributed by atoms with Crippen LogP contribution in [0.1, 0.15) is 36.5 Å². The highest BCUT2D eigenvalue weighted by Gasteiger charge is 2.15. The van der Waals surface area contributed by atoms with Crippen LogP contribution in [0.2, 0.25) is 0 Å². The molecule has 0 spiro atoms. The van der Waals surface area contributed by atoms with Gasteiger partial charge >= 0.3 is 0 Å². The number of anilines is 1. The number of unbranched alkanes of at least 4 members (excludes halogenated alkanes) is 2. The number of amides is 1. The van der Waals surface area contributed by atoms with Gasteiger partial charge in [0.25, 0.3) is 5.91 Å². The Kier molecular flexibility index (Phi) is 8.02. The minimum absolute atomic E-state index is 0.0417. The zero-order chi connectivity index (χ0) is 14.8. The maximum atomic E-state index is 14.0. The van der Waals surface area contributed by atoms with Crippen molar-refractivity contribution in [3.05, 3.63) is 23.6 Å². The number of rotatable bonds is 9. The summed E-state index contributed by atoms with van der Waals surface area (Å²) in [6, 6.07) is 1.40. The molecule has 0 saturated heterocycles. The van der Waals surface area contributed by atoms with Gasteiger partial charge in [0, 0.05) is 19.3 Å². The summed E-state index contributed by atoms with van der Waals surface area (Å²) >= 11 is 1.82. The fourth-order valence-electron chi connectivity index (χ4n) is 1.76. The highest BCUT2D eigenvalue weighted by atomic mass is 32.2. The molecule has 0 aliphatic carbocycles. The van der Waals surface area contributed by atoms with E-state index in [0.29, 0.717) is 13.1 Å². The zero-order valence-electron chi connectivity index (χ0n) is 12.0. The molecule has 1 heterocycles. The van der Waals surface area contributed by atoms with E-state index in [2.05, 4.69) is 21.9 Å². The maximum Gasteiger partial charge on any atom is 0.254 e. The van der Waals surface area contributed by atoms with E-state index >= 15 is 0 Å². The van der Waals surface area contributed by atoms with Crippen molar-refractivity contribution in [1.29, 1.82) is 0 Å². The second-order valence-electron chi connectivity index (χ2n) is 4.36. The van der Waals surface area contributed by atoms with Crippen LogP contribution < -0.4 is 10.6 Å². The summed E-state index contributed by atoms with van der Waals surface area (Å²) in [5.41, 5.74) is 0.0417. The van der Waals surface area contributed by atoms with Gasteiger partial charge in [0.2, 0.25) is 0 Å². The molecule has 1 aromatic rings. The van der Waals surface area contributed by atoms with E-state index < -0.39 is 5.82 Å². The standard InChI is InChI=1S/C14H22FN3OS/c1-3-16-13-12(15)11(7-9-17-13)14(19)18-8-5-4-6-10-20-2/h7,9H,3-6,8,10H2,1-2H3,(H,16,17)(H,18,19). The Labute approximate surface area is 123 Å². The number of nitrogens with zero attached hydrogens (tertiary/aromatic N) is 1. The van der Waals surface area contributed by atoms with Crippen molar-refractivity contribution in [2.75, 3.05) is 30.4 Å². The fourth-order valence-corrected chi connectivity index (χ4v) is 2.25. The molecule has 4 nitrogen and oxygen atoms in total. The van der Waals surface area contributed by atoms with Crippen molar-refractivity contribution in [2.24, 2.45) is 0 Å². The number of hydrogen-bond acceptors (Lipinski definition) is 4. The van der Waals surface area contributed by atoms with E-state index in [0.717, 1.165) is 25.0 Å². The molecule has 6 heteroatoms. The van der Waals surface area contributed by atoms with E-state index in [1.54, 1.807) is 0 Å². The summed E-state index contributed by atoms with van der Waals surface area (Å²) in [6.07, 6.45) is 6.65. The Hall–Kier alpha value is -1.30. The fraction of sp³-hybridized carbons (Fsp3) is 0.571.